The monoisotopic (exact) mass is 685 g/mol. The summed E-state index contributed by atoms with van der Waals surface area (Å²) in [6.07, 6.45) is 51.1. The Morgan fingerprint density at radius 3 is 1.20 bits per heavy atom. The third-order valence-electron chi connectivity index (χ3n) is 10.4. The molecule has 1 aliphatic carbocycles. The molecule has 0 aliphatic heterocycles. The molecule has 0 amide bonds. The van der Waals surface area contributed by atoms with Crippen molar-refractivity contribution in [3.05, 3.63) is 36.8 Å². The number of esters is 2. The van der Waals surface area contributed by atoms with E-state index in [-0.39, 0.29) is 17.9 Å². The summed E-state index contributed by atoms with van der Waals surface area (Å²) in [6.45, 7) is 6.54. The van der Waals surface area contributed by atoms with E-state index in [0.29, 0.717) is 6.42 Å². The minimum Gasteiger partial charge on any atom is -0.435 e. The van der Waals surface area contributed by atoms with Crippen LogP contribution in [0, 0.1) is 17.8 Å². The number of ether oxygens (including phenoxy) is 2. The zero-order valence-corrected chi connectivity index (χ0v) is 32.7. The van der Waals surface area contributed by atoms with Crippen molar-refractivity contribution in [2.24, 2.45) is 17.8 Å². The molecule has 0 N–H and O–H groups in total. The second-order valence-electron chi connectivity index (χ2n) is 15.0. The molecule has 1 aliphatic rings. The Morgan fingerprint density at radius 2 is 0.837 bits per heavy atom. The third-order valence-corrected chi connectivity index (χ3v) is 10.4. The molecule has 0 fully saturated rings. The van der Waals surface area contributed by atoms with E-state index in [2.05, 4.69) is 13.8 Å². The summed E-state index contributed by atoms with van der Waals surface area (Å²) in [5.74, 6) is -1.73. The van der Waals surface area contributed by atoms with Crippen molar-refractivity contribution in [2.75, 3.05) is 0 Å². The fourth-order valence-corrected chi connectivity index (χ4v) is 7.14. The Labute approximate surface area is 304 Å². The summed E-state index contributed by atoms with van der Waals surface area (Å²) in [6, 6.07) is 0. The summed E-state index contributed by atoms with van der Waals surface area (Å²) in [7, 11) is 0. The highest BCUT2D eigenvalue weighted by Gasteiger charge is 2.40. The molecule has 3 atom stereocenters. The molecule has 284 valence electrons. The molecular formula is C45H80O4. The van der Waals surface area contributed by atoms with E-state index in [1.165, 1.54) is 179 Å². The molecule has 0 spiro atoms. The maximum Gasteiger partial charge on any atom is 0.315 e. The van der Waals surface area contributed by atoms with Crippen LogP contribution in [-0.4, -0.2) is 11.9 Å². The maximum absolute atomic E-state index is 13.0. The van der Waals surface area contributed by atoms with Crippen molar-refractivity contribution in [3.8, 4) is 0 Å². The van der Waals surface area contributed by atoms with Crippen LogP contribution >= 0.6 is 0 Å². The number of carbonyl (C=O) groups is 2. The van der Waals surface area contributed by atoms with Gasteiger partial charge in [-0.1, -0.05) is 200 Å². The predicted molar refractivity (Wildman–Crippen MR) is 210 cm³/mol. The average Bonchev–Trinajstić information content (AvgIpc) is 3.10. The second-order valence-corrected chi connectivity index (χ2v) is 15.0. The fraction of sp³-hybridized carbons (Fsp3) is 0.822. The zero-order valence-electron chi connectivity index (χ0n) is 32.7. The normalized spacial score (nSPS) is 17.7. The van der Waals surface area contributed by atoms with Crippen molar-refractivity contribution in [3.63, 3.8) is 0 Å². The minimum absolute atomic E-state index is 0.0578. The van der Waals surface area contributed by atoms with Crippen LogP contribution in [0.5, 0.6) is 0 Å². The first kappa shape index (κ1) is 45.2. The molecule has 0 aromatic rings. The Morgan fingerprint density at radius 1 is 0.510 bits per heavy atom. The number of allylic oxidation sites excluding steroid dienone is 4. The smallest absolute Gasteiger partial charge is 0.315 e. The van der Waals surface area contributed by atoms with Gasteiger partial charge in [0.05, 0.1) is 24.4 Å². The lowest BCUT2D eigenvalue weighted by molar-refractivity contribution is -0.156. The van der Waals surface area contributed by atoms with Crippen LogP contribution in [-0.2, 0) is 19.1 Å². The Bertz CT molecular complexity index is 843. The van der Waals surface area contributed by atoms with E-state index in [4.69, 9.17) is 9.47 Å². The van der Waals surface area contributed by atoms with Gasteiger partial charge in [0.2, 0.25) is 0 Å². The van der Waals surface area contributed by atoms with Gasteiger partial charge >= 0.3 is 11.9 Å². The first-order valence-corrected chi connectivity index (χ1v) is 21.5. The van der Waals surface area contributed by atoms with E-state index < -0.39 is 11.8 Å². The second kappa shape index (κ2) is 34.6. The van der Waals surface area contributed by atoms with Crippen molar-refractivity contribution >= 4 is 11.9 Å². The average molecular weight is 685 g/mol. The Hall–Kier alpha value is -1.84. The maximum atomic E-state index is 13.0. The summed E-state index contributed by atoms with van der Waals surface area (Å²) < 4.78 is 11.0. The lowest BCUT2D eigenvalue weighted by atomic mass is 9.76. The van der Waals surface area contributed by atoms with E-state index in [1.54, 1.807) is 0 Å². The van der Waals surface area contributed by atoms with E-state index in [9.17, 15) is 9.59 Å². The molecule has 0 radical (unpaired) electrons. The standard InChI is InChI=1S/C45H80O4/c1-4-6-8-10-12-14-16-18-20-22-24-26-28-30-32-34-39-48-44(46)42-38-36-37-41(3)43(42)45(47)49-40-35-33-31-29-27-25-23-21-19-17-15-13-11-9-7-5-2/h34-37,39-43H,4-33,38H2,1-3H3. The first-order chi connectivity index (χ1) is 24.1. The lowest BCUT2D eigenvalue weighted by Crippen LogP contribution is -2.36. The van der Waals surface area contributed by atoms with Crippen molar-refractivity contribution in [1.29, 1.82) is 0 Å². The largest absolute Gasteiger partial charge is 0.435 e. The highest BCUT2D eigenvalue weighted by Crippen LogP contribution is 2.32. The summed E-state index contributed by atoms with van der Waals surface area (Å²) >= 11 is 0. The van der Waals surface area contributed by atoms with Crippen molar-refractivity contribution in [2.45, 2.75) is 220 Å². The Balaban J connectivity index is 2.09. The summed E-state index contributed by atoms with van der Waals surface area (Å²) in [4.78, 5) is 25.9. The van der Waals surface area contributed by atoms with E-state index in [0.717, 1.165) is 25.7 Å². The van der Waals surface area contributed by atoms with Crippen LogP contribution in [0.15, 0.2) is 36.8 Å². The highest BCUT2D eigenvalue weighted by molar-refractivity contribution is 5.83. The molecule has 0 saturated carbocycles. The molecule has 4 nitrogen and oxygen atoms in total. The number of rotatable bonds is 34. The SMILES string of the molecule is CCCCCCCCCCCCCCCCC=COC(=O)C1CC=CC(C)C1C(=O)OC=CCCCCCCCCCCCCCCCC. The molecule has 3 unspecified atom stereocenters. The molecular weight excluding hydrogens is 604 g/mol. The van der Waals surface area contributed by atoms with Gasteiger partial charge in [0.1, 0.15) is 0 Å². The molecule has 0 heterocycles. The van der Waals surface area contributed by atoms with Gasteiger partial charge in [-0.25, -0.2) is 0 Å². The number of hydrogen-bond acceptors (Lipinski definition) is 4. The summed E-state index contributed by atoms with van der Waals surface area (Å²) in [5.41, 5.74) is 0. The topological polar surface area (TPSA) is 52.6 Å². The van der Waals surface area contributed by atoms with Gasteiger partial charge in [-0.3, -0.25) is 9.59 Å². The molecule has 0 aromatic heterocycles. The van der Waals surface area contributed by atoms with E-state index in [1.807, 2.05) is 31.2 Å². The number of unbranched alkanes of at least 4 members (excludes halogenated alkanes) is 28. The van der Waals surface area contributed by atoms with Crippen LogP contribution in [0.1, 0.15) is 220 Å². The van der Waals surface area contributed by atoms with Crippen molar-refractivity contribution < 1.29 is 19.1 Å². The van der Waals surface area contributed by atoms with Crippen LogP contribution < -0.4 is 0 Å². The molecule has 4 heteroatoms. The van der Waals surface area contributed by atoms with E-state index >= 15 is 0 Å². The van der Waals surface area contributed by atoms with Gasteiger partial charge in [0.15, 0.2) is 0 Å². The van der Waals surface area contributed by atoms with Gasteiger partial charge in [0.25, 0.3) is 0 Å². The summed E-state index contributed by atoms with van der Waals surface area (Å²) in [5, 5.41) is 0. The molecule has 0 aromatic carbocycles. The Kier molecular flexibility index (Phi) is 31.9. The third kappa shape index (κ3) is 26.6. The minimum atomic E-state index is -0.512. The van der Waals surface area contributed by atoms with Gasteiger partial charge in [0, 0.05) is 0 Å². The number of carbonyl (C=O) groups excluding carboxylic acids is 2. The highest BCUT2D eigenvalue weighted by atomic mass is 16.5. The molecule has 0 saturated heterocycles. The first-order valence-electron chi connectivity index (χ1n) is 21.5. The predicted octanol–water partition coefficient (Wildman–Crippen LogP) is 14.7. The molecule has 49 heavy (non-hydrogen) atoms. The van der Waals surface area contributed by atoms with Gasteiger partial charge in [-0.2, -0.15) is 0 Å². The van der Waals surface area contributed by atoms with Gasteiger partial charge in [-0.15, -0.1) is 0 Å². The van der Waals surface area contributed by atoms with Crippen LogP contribution in [0.25, 0.3) is 0 Å². The van der Waals surface area contributed by atoms with Crippen molar-refractivity contribution in [1.82, 2.24) is 0 Å². The fourth-order valence-electron chi connectivity index (χ4n) is 7.14. The van der Waals surface area contributed by atoms with Crippen LogP contribution in [0.3, 0.4) is 0 Å². The lowest BCUT2D eigenvalue weighted by Gasteiger charge is -2.28. The van der Waals surface area contributed by atoms with Gasteiger partial charge in [-0.05, 0) is 50.2 Å². The number of hydrogen-bond donors (Lipinski definition) is 0. The molecule has 1 rings (SSSR count). The molecule has 0 bridgehead atoms. The van der Waals surface area contributed by atoms with Crippen LogP contribution in [0.2, 0.25) is 0 Å². The quantitative estimate of drug-likeness (QED) is 0.0293. The zero-order chi connectivity index (χ0) is 35.5. The van der Waals surface area contributed by atoms with Gasteiger partial charge < -0.3 is 9.47 Å². The van der Waals surface area contributed by atoms with Crippen LogP contribution in [0.4, 0.5) is 0 Å².